The Morgan fingerprint density at radius 1 is 1.20 bits per heavy atom. The monoisotopic (exact) mass is 338 g/mol. The molecule has 3 rings (SSSR count). The third-order valence-electron chi connectivity index (χ3n) is 3.89. The van der Waals surface area contributed by atoms with Crippen molar-refractivity contribution in [2.24, 2.45) is 0 Å². The number of carboxylic acid groups (broad SMARTS) is 1. The molecule has 0 bridgehead atoms. The number of hydrogen-bond donors (Lipinski definition) is 2. The highest BCUT2D eigenvalue weighted by Crippen LogP contribution is 2.17. The minimum Gasteiger partial charge on any atom is -0.481 e. The number of aromatic nitrogens is 3. The average Bonchev–Trinajstić information content (AvgIpc) is 3.02. The van der Waals surface area contributed by atoms with Gasteiger partial charge in [-0.1, -0.05) is 17.3 Å². The summed E-state index contributed by atoms with van der Waals surface area (Å²) < 4.78 is 1.77. The maximum atomic E-state index is 12.5. The highest BCUT2D eigenvalue weighted by atomic mass is 16.4. The number of aliphatic carboxylic acids is 1. The molecule has 0 aliphatic carbocycles. The molecule has 2 aromatic carbocycles. The molecule has 1 amide bonds. The zero-order valence-corrected chi connectivity index (χ0v) is 13.8. The second-order valence-corrected chi connectivity index (χ2v) is 5.66. The molecule has 7 heteroatoms. The van der Waals surface area contributed by atoms with E-state index in [1.54, 1.807) is 35.0 Å². The molecule has 0 unspecified atom stereocenters. The summed E-state index contributed by atoms with van der Waals surface area (Å²) in [5, 5.41) is 19.7. The highest BCUT2D eigenvalue weighted by molar-refractivity contribution is 6.05. The maximum Gasteiger partial charge on any atom is 0.303 e. The molecule has 7 nitrogen and oxygen atoms in total. The van der Waals surface area contributed by atoms with Crippen LogP contribution >= 0.6 is 0 Å². The summed E-state index contributed by atoms with van der Waals surface area (Å²) in [6.45, 7) is 2.69. The zero-order valence-electron chi connectivity index (χ0n) is 13.8. The predicted octanol–water partition coefficient (Wildman–Crippen LogP) is 2.72. The number of benzene rings is 2. The van der Waals surface area contributed by atoms with Crippen molar-refractivity contribution in [2.75, 3.05) is 5.32 Å². The van der Waals surface area contributed by atoms with Gasteiger partial charge in [-0.2, -0.15) is 0 Å². The third-order valence-corrected chi connectivity index (χ3v) is 3.89. The third kappa shape index (κ3) is 3.82. The maximum absolute atomic E-state index is 12.5. The number of carbonyl (C=O) groups is 2. The first-order valence-corrected chi connectivity index (χ1v) is 8.02. The van der Waals surface area contributed by atoms with Crippen molar-refractivity contribution in [3.63, 3.8) is 0 Å². The molecule has 128 valence electrons. The van der Waals surface area contributed by atoms with E-state index in [0.717, 1.165) is 11.1 Å². The number of fused-ring (bicyclic) bond motifs is 1. The van der Waals surface area contributed by atoms with Gasteiger partial charge in [0.25, 0.3) is 5.91 Å². The van der Waals surface area contributed by atoms with Crippen LogP contribution in [0.25, 0.3) is 11.0 Å². The molecule has 0 aliphatic heterocycles. The largest absolute Gasteiger partial charge is 0.481 e. The van der Waals surface area contributed by atoms with Crippen molar-refractivity contribution in [2.45, 2.75) is 26.3 Å². The van der Waals surface area contributed by atoms with Crippen LogP contribution < -0.4 is 5.32 Å². The molecular formula is C18H18N4O3. The molecule has 0 atom stereocenters. The minimum atomic E-state index is -0.845. The second kappa shape index (κ2) is 7.12. The van der Waals surface area contributed by atoms with Crippen molar-refractivity contribution in [1.82, 2.24) is 15.0 Å². The summed E-state index contributed by atoms with van der Waals surface area (Å²) in [6, 6.07) is 12.5. The average molecular weight is 338 g/mol. The van der Waals surface area contributed by atoms with Gasteiger partial charge in [-0.15, -0.1) is 5.10 Å². The molecule has 0 aliphatic rings. The fourth-order valence-corrected chi connectivity index (χ4v) is 2.61. The van der Waals surface area contributed by atoms with Gasteiger partial charge < -0.3 is 10.4 Å². The van der Waals surface area contributed by atoms with E-state index in [0.29, 0.717) is 29.7 Å². The normalized spacial score (nSPS) is 10.8. The van der Waals surface area contributed by atoms with Gasteiger partial charge in [0.1, 0.15) is 5.52 Å². The van der Waals surface area contributed by atoms with E-state index in [9.17, 15) is 9.59 Å². The van der Waals surface area contributed by atoms with E-state index < -0.39 is 5.97 Å². The Morgan fingerprint density at radius 2 is 2.04 bits per heavy atom. The molecule has 0 saturated heterocycles. The number of nitrogens with one attached hydrogen (secondary N) is 1. The van der Waals surface area contributed by atoms with Crippen molar-refractivity contribution in [3.05, 3.63) is 53.6 Å². The molecule has 2 N–H and O–H groups in total. The van der Waals surface area contributed by atoms with Gasteiger partial charge in [0.15, 0.2) is 0 Å². The summed E-state index contributed by atoms with van der Waals surface area (Å²) >= 11 is 0. The van der Waals surface area contributed by atoms with Crippen molar-refractivity contribution >= 4 is 28.6 Å². The van der Waals surface area contributed by atoms with E-state index in [2.05, 4.69) is 15.6 Å². The smallest absolute Gasteiger partial charge is 0.303 e. The van der Waals surface area contributed by atoms with Crippen LogP contribution in [-0.4, -0.2) is 32.0 Å². The number of rotatable bonds is 6. The Kier molecular flexibility index (Phi) is 4.74. The molecule has 1 aromatic heterocycles. The molecular weight excluding hydrogens is 320 g/mol. The molecule has 3 aromatic rings. The lowest BCUT2D eigenvalue weighted by molar-refractivity contribution is -0.136. The molecule has 0 saturated carbocycles. The molecule has 1 heterocycles. The Balaban J connectivity index is 1.75. The first-order chi connectivity index (χ1) is 12.1. The van der Waals surface area contributed by atoms with E-state index in [-0.39, 0.29) is 12.3 Å². The van der Waals surface area contributed by atoms with Gasteiger partial charge in [-0.05, 0) is 49.2 Å². The number of nitrogens with zero attached hydrogens (tertiary/aromatic N) is 3. The number of hydrogen-bond acceptors (Lipinski definition) is 4. The van der Waals surface area contributed by atoms with E-state index in [1.807, 2.05) is 19.1 Å². The molecule has 25 heavy (non-hydrogen) atoms. The highest BCUT2D eigenvalue weighted by Gasteiger charge is 2.10. The van der Waals surface area contributed by atoms with Gasteiger partial charge in [0.05, 0.1) is 5.52 Å². The summed E-state index contributed by atoms with van der Waals surface area (Å²) in [5.41, 5.74) is 3.54. The molecule has 0 spiro atoms. The SMILES string of the molecule is CCn1nnc2cc(C(=O)Nc3cccc(CCC(=O)O)c3)ccc21. The first-order valence-electron chi connectivity index (χ1n) is 8.02. The fraction of sp³-hybridized carbons (Fsp3) is 0.222. The minimum absolute atomic E-state index is 0.0567. The zero-order chi connectivity index (χ0) is 17.8. The fourth-order valence-electron chi connectivity index (χ4n) is 2.61. The van der Waals surface area contributed by atoms with Crippen LogP contribution in [-0.2, 0) is 17.8 Å². The Labute approximate surface area is 144 Å². The van der Waals surface area contributed by atoms with Crippen LogP contribution in [0.15, 0.2) is 42.5 Å². The first kappa shape index (κ1) is 16.6. The molecule has 0 fully saturated rings. The Morgan fingerprint density at radius 3 is 2.80 bits per heavy atom. The van der Waals surface area contributed by atoms with Crippen LogP contribution in [0.2, 0.25) is 0 Å². The van der Waals surface area contributed by atoms with Crippen molar-refractivity contribution in [1.29, 1.82) is 0 Å². The van der Waals surface area contributed by atoms with Gasteiger partial charge in [0.2, 0.25) is 0 Å². The van der Waals surface area contributed by atoms with E-state index in [4.69, 9.17) is 5.11 Å². The Hall–Kier alpha value is -3.22. The van der Waals surface area contributed by atoms with Crippen molar-refractivity contribution < 1.29 is 14.7 Å². The number of anilines is 1. The Bertz CT molecular complexity index is 933. The van der Waals surface area contributed by atoms with Gasteiger partial charge in [0, 0.05) is 24.2 Å². The van der Waals surface area contributed by atoms with Crippen LogP contribution in [0.4, 0.5) is 5.69 Å². The summed E-state index contributed by atoms with van der Waals surface area (Å²) in [6.07, 6.45) is 0.478. The lowest BCUT2D eigenvalue weighted by Gasteiger charge is -2.07. The topological polar surface area (TPSA) is 97.1 Å². The quantitative estimate of drug-likeness (QED) is 0.720. The number of amides is 1. The van der Waals surface area contributed by atoms with Crippen LogP contribution in [0.1, 0.15) is 29.3 Å². The van der Waals surface area contributed by atoms with E-state index in [1.165, 1.54) is 0 Å². The number of carboxylic acids is 1. The summed E-state index contributed by atoms with van der Waals surface area (Å²) in [4.78, 5) is 23.1. The summed E-state index contributed by atoms with van der Waals surface area (Å²) in [5.74, 6) is -1.09. The summed E-state index contributed by atoms with van der Waals surface area (Å²) in [7, 11) is 0. The van der Waals surface area contributed by atoms with Crippen LogP contribution in [0.3, 0.4) is 0 Å². The molecule has 0 radical (unpaired) electrons. The lowest BCUT2D eigenvalue weighted by Crippen LogP contribution is -2.12. The van der Waals surface area contributed by atoms with Crippen LogP contribution in [0, 0.1) is 0 Å². The standard InChI is InChI=1S/C18H18N4O3/c1-2-22-16-8-7-13(11-15(16)20-21-22)18(25)19-14-5-3-4-12(10-14)6-9-17(23)24/h3-5,7-8,10-11H,2,6,9H2,1H3,(H,19,25)(H,23,24). The second-order valence-electron chi connectivity index (χ2n) is 5.66. The lowest BCUT2D eigenvalue weighted by atomic mass is 10.1. The van der Waals surface area contributed by atoms with E-state index >= 15 is 0 Å². The predicted molar refractivity (Wildman–Crippen MR) is 93.6 cm³/mol. The van der Waals surface area contributed by atoms with Crippen molar-refractivity contribution in [3.8, 4) is 0 Å². The van der Waals surface area contributed by atoms with Gasteiger partial charge in [-0.3, -0.25) is 9.59 Å². The van der Waals surface area contributed by atoms with Crippen LogP contribution in [0.5, 0.6) is 0 Å². The number of carbonyl (C=O) groups excluding carboxylic acids is 1. The van der Waals surface area contributed by atoms with Gasteiger partial charge >= 0.3 is 5.97 Å². The van der Waals surface area contributed by atoms with Gasteiger partial charge in [-0.25, -0.2) is 4.68 Å². The number of aryl methyl sites for hydroxylation is 2.